The van der Waals surface area contributed by atoms with Gasteiger partial charge in [0.1, 0.15) is 0 Å². The molecular weight excluding hydrogens is 302 g/mol. The van der Waals surface area contributed by atoms with E-state index in [0.29, 0.717) is 11.3 Å². The Morgan fingerprint density at radius 1 is 1.19 bits per heavy atom. The summed E-state index contributed by atoms with van der Waals surface area (Å²) >= 11 is 3.29. The van der Waals surface area contributed by atoms with Crippen molar-refractivity contribution in [3.63, 3.8) is 0 Å². The van der Waals surface area contributed by atoms with Crippen LogP contribution in [0.1, 0.15) is 15.9 Å². The first-order valence-electron chi connectivity index (χ1n) is 6.35. The number of rotatable bonds is 4. The third-order valence-electron chi connectivity index (χ3n) is 3.02. The molecular formula is C15H13N3OS2. The van der Waals surface area contributed by atoms with Crippen molar-refractivity contribution in [2.45, 2.75) is 10.1 Å². The highest BCUT2D eigenvalue weighted by Gasteiger charge is 2.11. The van der Waals surface area contributed by atoms with Crippen LogP contribution in [0.25, 0.3) is 10.2 Å². The molecule has 0 aliphatic heterocycles. The lowest BCUT2D eigenvalue weighted by Crippen LogP contribution is -2.30. The molecule has 3 rings (SSSR count). The van der Waals surface area contributed by atoms with Gasteiger partial charge in [-0.25, -0.2) is 10.8 Å². The van der Waals surface area contributed by atoms with E-state index in [1.807, 2.05) is 36.4 Å². The summed E-state index contributed by atoms with van der Waals surface area (Å²) in [6, 6.07) is 15.5. The summed E-state index contributed by atoms with van der Waals surface area (Å²) in [5, 5.41) is 0. The second-order valence-electron chi connectivity index (χ2n) is 4.37. The highest BCUT2D eigenvalue weighted by molar-refractivity contribution is 8.00. The Bertz CT molecular complexity index is 752. The van der Waals surface area contributed by atoms with Crippen LogP contribution in [-0.2, 0) is 5.75 Å². The fourth-order valence-electron chi connectivity index (χ4n) is 2.00. The quantitative estimate of drug-likeness (QED) is 0.336. The predicted octanol–water partition coefficient (Wildman–Crippen LogP) is 3.19. The number of carbonyl (C=O) groups is 1. The van der Waals surface area contributed by atoms with E-state index in [4.69, 9.17) is 5.84 Å². The second kappa shape index (κ2) is 6.26. The highest BCUT2D eigenvalue weighted by Crippen LogP contribution is 2.31. The van der Waals surface area contributed by atoms with Crippen molar-refractivity contribution in [1.82, 2.24) is 10.4 Å². The van der Waals surface area contributed by atoms with E-state index in [-0.39, 0.29) is 5.91 Å². The molecule has 3 aromatic rings. The molecule has 0 saturated carbocycles. The minimum Gasteiger partial charge on any atom is -0.290 e. The summed E-state index contributed by atoms with van der Waals surface area (Å²) < 4.78 is 2.17. The minimum atomic E-state index is -0.268. The summed E-state index contributed by atoms with van der Waals surface area (Å²) in [4.78, 5) is 16.3. The lowest BCUT2D eigenvalue weighted by Gasteiger charge is -2.06. The number of benzene rings is 2. The van der Waals surface area contributed by atoms with E-state index in [9.17, 15) is 4.79 Å². The molecule has 0 unspecified atom stereocenters. The molecule has 21 heavy (non-hydrogen) atoms. The fraction of sp³-hybridized carbons (Fsp3) is 0.0667. The van der Waals surface area contributed by atoms with Crippen molar-refractivity contribution in [2.75, 3.05) is 0 Å². The average Bonchev–Trinajstić information content (AvgIpc) is 2.95. The third-order valence-corrected chi connectivity index (χ3v) is 5.25. The first kappa shape index (κ1) is 14.1. The van der Waals surface area contributed by atoms with E-state index in [2.05, 4.69) is 16.5 Å². The predicted molar refractivity (Wildman–Crippen MR) is 87.3 cm³/mol. The van der Waals surface area contributed by atoms with Gasteiger partial charge in [-0.3, -0.25) is 10.2 Å². The molecule has 1 heterocycles. The van der Waals surface area contributed by atoms with Crippen LogP contribution in [-0.4, -0.2) is 10.9 Å². The first-order chi connectivity index (χ1) is 10.3. The van der Waals surface area contributed by atoms with Crippen LogP contribution in [0.3, 0.4) is 0 Å². The Labute approximate surface area is 130 Å². The lowest BCUT2D eigenvalue weighted by atomic mass is 10.1. The highest BCUT2D eigenvalue weighted by atomic mass is 32.2. The molecule has 0 spiro atoms. The van der Waals surface area contributed by atoms with Gasteiger partial charge in [0.2, 0.25) is 0 Å². The number of carbonyl (C=O) groups excluding carboxylic acids is 1. The molecule has 0 radical (unpaired) electrons. The normalized spacial score (nSPS) is 10.7. The number of thiazole rings is 1. The maximum absolute atomic E-state index is 11.7. The van der Waals surface area contributed by atoms with Crippen LogP contribution in [0.2, 0.25) is 0 Å². The van der Waals surface area contributed by atoms with E-state index in [1.165, 1.54) is 4.70 Å². The second-order valence-corrected chi connectivity index (χ2v) is 6.62. The number of hydrogen-bond donors (Lipinski definition) is 2. The third kappa shape index (κ3) is 3.07. The Kier molecular flexibility index (Phi) is 4.19. The Balaban J connectivity index is 1.80. The zero-order valence-corrected chi connectivity index (χ0v) is 12.7. The summed E-state index contributed by atoms with van der Waals surface area (Å²) in [7, 11) is 0. The van der Waals surface area contributed by atoms with Crippen LogP contribution < -0.4 is 11.3 Å². The monoisotopic (exact) mass is 315 g/mol. The molecule has 4 nitrogen and oxygen atoms in total. The number of aromatic nitrogens is 1. The van der Waals surface area contributed by atoms with Crippen molar-refractivity contribution in [2.24, 2.45) is 5.84 Å². The topological polar surface area (TPSA) is 68.0 Å². The molecule has 1 amide bonds. The van der Waals surface area contributed by atoms with Crippen molar-refractivity contribution < 1.29 is 4.79 Å². The standard InChI is InChI=1S/C15H13N3OS2/c16-18-14(19)11-6-2-1-5-10(11)9-20-15-17-12-7-3-4-8-13(12)21-15/h1-8H,9,16H2,(H,18,19). The van der Waals surface area contributed by atoms with Crippen LogP contribution in [0.5, 0.6) is 0 Å². The summed E-state index contributed by atoms with van der Waals surface area (Å²) in [6.45, 7) is 0. The van der Waals surface area contributed by atoms with E-state index >= 15 is 0 Å². The molecule has 0 bridgehead atoms. The van der Waals surface area contributed by atoms with Crippen molar-refractivity contribution in [3.8, 4) is 0 Å². The number of thioether (sulfide) groups is 1. The number of nitrogen functional groups attached to an aromatic ring is 1. The molecule has 0 aliphatic carbocycles. The summed E-state index contributed by atoms with van der Waals surface area (Å²) in [5.41, 5.74) is 4.75. The van der Waals surface area contributed by atoms with Crippen LogP contribution >= 0.6 is 23.1 Å². The average molecular weight is 315 g/mol. The molecule has 106 valence electrons. The Morgan fingerprint density at radius 3 is 2.76 bits per heavy atom. The zero-order chi connectivity index (χ0) is 14.7. The van der Waals surface area contributed by atoms with Gasteiger partial charge >= 0.3 is 0 Å². The lowest BCUT2D eigenvalue weighted by molar-refractivity contribution is 0.0953. The van der Waals surface area contributed by atoms with Crippen LogP contribution in [0, 0.1) is 0 Å². The van der Waals surface area contributed by atoms with Gasteiger partial charge in [0.15, 0.2) is 4.34 Å². The number of nitrogens with zero attached hydrogens (tertiary/aromatic N) is 1. The van der Waals surface area contributed by atoms with Crippen LogP contribution in [0.4, 0.5) is 0 Å². The van der Waals surface area contributed by atoms with Gasteiger partial charge in [-0.15, -0.1) is 11.3 Å². The number of amides is 1. The number of nitrogens with two attached hydrogens (primary N) is 1. The largest absolute Gasteiger partial charge is 0.290 e. The maximum Gasteiger partial charge on any atom is 0.265 e. The molecule has 6 heteroatoms. The van der Waals surface area contributed by atoms with Crippen molar-refractivity contribution in [3.05, 3.63) is 59.7 Å². The maximum atomic E-state index is 11.7. The number of nitrogens with one attached hydrogen (secondary N) is 1. The molecule has 2 aromatic carbocycles. The SMILES string of the molecule is NNC(=O)c1ccccc1CSc1nc2ccccc2s1. The van der Waals surface area contributed by atoms with E-state index < -0.39 is 0 Å². The van der Waals surface area contributed by atoms with Gasteiger partial charge in [0, 0.05) is 11.3 Å². The van der Waals surface area contributed by atoms with Gasteiger partial charge in [0.25, 0.3) is 5.91 Å². The summed E-state index contributed by atoms with van der Waals surface area (Å²) in [5.74, 6) is 5.63. The molecule has 0 fully saturated rings. The Hall–Kier alpha value is -1.89. The Morgan fingerprint density at radius 2 is 1.95 bits per heavy atom. The van der Waals surface area contributed by atoms with Gasteiger partial charge in [-0.05, 0) is 23.8 Å². The molecule has 0 saturated heterocycles. The van der Waals surface area contributed by atoms with Gasteiger partial charge in [-0.2, -0.15) is 0 Å². The van der Waals surface area contributed by atoms with Gasteiger partial charge in [0.05, 0.1) is 10.2 Å². The van der Waals surface area contributed by atoms with E-state index in [1.54, 1.807) is 29.2 Å². The number of fused-ring (bicyclic) bond motifs is 1. The molecule has 0 aliphatic rings. The number of hydrazine groups is 1. The zero-order valence-electron chi connectivity index (χ0n) is 11.1. The number of para-hydroxylation sites is 1. The van der Waals surface area contributed by atoms with Gasteiger partial charge < -0.3 is 0 Å². The summed E-state index contributed by atoms with van der Waals surface area (Å²) in [6.07, 6.45) is 0. The fourth-order valence-corrected chi connectivity index (χ4v) is 4.07. The van der Waals surface area contributed by atoms with Crippen molar-refractivity contribution in [1.29, 1.82) is 0 Å². The molecule has 3 N–H and O–H groups in total. The van der Waals surface area contributed by atoms with Crippen LogP contribution in [0.15, 0.2) is 52.9 Å². The molecule has 1 aromatic heterocycles. The van der Waals surface area contributed by atoms with E-state index in [0.717, 1.165) is 15.4 Å². The van der Waals surface area contributed by atoms with Gasteiger partial charge in [-0.1, -0.05) is 42.1 Å². The molecule has 0 atom stereocenters. The first-order valence-corrected chi connectivity index (χ1v) is 8.15. The minimum absolute atomic E-state index is 0.268. The smallest absolute Gasteiger partial charge is 0.265 e. The van der Waals surface area contributed by atoms with Crippen molar-refractivity contribution >= 4 is 39.2 Å². The number of hydrogen-bond acceptors (Lipinski definition) is 5.